The van der Waals surface area contributed by atoms with E-state index < -0.39 is 0 Å². The molecule has 0 bridgehead atoms. The van der Waals surface area contributed by atoms with Crippen LogP contribution in [-0.4, -0.2) is 24.5 Å². The van der Waals surface area contributed by atoms with Crippen molar-refractivity contribution in [3.8, 4) is 6.07 Å². The van der Waals surface area contributed by atoms with Crippen molar-refractivity contribution in [3.63, 3.8) is 0 Å². The van der Waals surface area contributed by atoms with Crippen molar-refractivity contribution in [2.75, 3.05) is 19.6 Å². The lowest BCUT2D eigenvalue weighted by Crippen LogP contribution is -2.41. The quantitative estimate of drug-likeness (QED) is 0.731. The fraction of sp³-hybridized carbons (Fsp3) is 0.929. The first kappa shape index (κ1) is 11.9. The first-order valence-corrected chi connectivity index (χ1v) is 6.63. The molecule has 0 N–H and O–H groups in total. The minimum atomic E-state index is 0.0161. The van der Waals surface area contributed by atoms with Gasteiger partial charge >= 0.3 is 0 Å². The molecule has 1 aliphatic carbocycles. The summed E-state index contributed by atoms with van der Waals surface area (Å²) in [5.74, 6) is 0.747. The second-order valence-electron chi connectivity index (χ2n) is 6.52. The highest BCUT2D eigenvalue weighted by Crippen LogP contribution is 2.44. The highest BCUT2D eigenvalue weighted by molar-refractivity contribution is 5.07. The average Bonchev–Trinajstić information content (AvgIpc) is 2.55. The first-order valence-electron chi connectivity index (χ1n) is 6.63. The lowest BCUT2D eigenvalue weighted by Gasteiger charge is -2.39. The molecule has 0 aromatic heterocycles. The number of likely N-dealkylation sites (tertiary alicyclic amines) is 1. The van der Waals surface area contributed by atoms with Crippen molar-refractivity contribution < 1.29 is 0 Å². The molecule has 0 aromatic carbocycles. The van der Waals surface area contributed by atoms with Gasteiger partial charge in [-0.05, 0) is 37.1 Å². The Kier molecular flexibility index (Phi) is 3.01. The molecule has 0 amide bonds. The van der Waals surface area contributed by atoms with Gasteiger partial charge in [0.25, 0.3) is 0 Å². The average molecular weight is 220 g/mol. The molecule has 2 fully saturated rings. The normalized spacial score (nSPS) is 33.7. The summed E-state index contributed by atoms with van der Waals surface area (Å²) in [4.78, 5) is 2.53. The Morgan fingerprint density at radius 1 is 1.31 bits per heavy atom. The maximum Gasteiger partial charge on any atom is 0.0703 e. The number of rotatable bonds is 3. The van der Waals surface area contributed by atoms with E-state index in [1.165, 1.54) is 25.9 Å². The Balaban J connectivity index is 1.92. The first-order chi connectivity index (χ1) is 7.50. The standard InChI is InChI=1S/C14H24N2/c1-12(2)13(3)7-8-16(10-13)11-14(9-15)5-4-6-14/h12H,4-8,10-11H2,1-3H3. The van der Waals surface area contributed by atoms with Crippen LogP contribution >= 0.6 is 0 Å². The van der Waals surface area contributed by atoms with E-state index in [9.17, 15) is 5.26 Å². The van der Waals surface area contributed by atoms with Crippen molar-refractivity contribution in [3.05, 3.63) is 0 Å². The van der Waals surface area contributed by atoms with Crippen LogP contribution in [0.4, 0.5) is 0 Å². The van der Waals surface area contributed by atoms with Crippen LogP contribution < -0.4 is 0 Å². The van der Waals surface area contributed by atoms with E-state index in [0.717, 1.165) is 25.3 Å². The third-order valence-electron chi connectivity index (χ3n) is 5.05. The summed E-state index contributed by atoms with van der Waals surface area (Å²) in [5.41, 5.74) is 0.489. The monoisotopic (exact) mass is 220 g/mol. The Labute approximate surface area is 99.6 Å². The molecule has 1 heterocycles. The lowest BCUT2D eigenvalue weighted by molar-refractivity contribution is 0.120. The van der Waals surface area contributed by atoms with E-state index in [1.807, 2.05) is 0 Å². The molecular formula is C14H24N2. The van der Waals surface area contributed by atoms with Crippen LogP contribution in [0.1, 0.15) is 46.5 Å². The minimum absolute atomic E-state index is 0.0161. The van der Waals surface area contributed by atoms with Gasteiger partial charge in [0, 0.05) is 13.1 Å². The van der Waals surface area contributed by atoms with Crippen molar-refractivity contribution in [1.29, 1.82) is 5.26 Å². The summed E-state index contributed by atoms with van der Waals surface area (Å²) in [6, 6.07) is 2.56. The Hall–Kier alpha value is -0.550. The van der Waals surface area contributed by atoms with Crippen LogP contribution in [-0.2, 0) is 0 Å². The molecule has 2 rings (SSSR count). The molecule has 90 valence electrons. The molecule has 2 nitrogen and oxygen atoms in total. The number of hydrogen-bond donors (Lipinski definition) is 0. The molecule has 1 atom stereocenters. The fourth-order valence-corrected chi connectivity index (χ4v) is 3.03. The Morgan fingerprint density at radius 2 is 2.00 bits per heavy atom. The third-order valence-corrected chi connectivity index (χ3v) is 5.05. The molecule has 2 heteroatoms. The van der Waals surface area contributed by atoms with Crippen LogP contribution in [0.15, 0.2) is 0 Å². The van der Waals surface area contributed by atoms with Crippen LogP contribution in [0.5, 0.6) is 0 Å². The topological polar surface area (TPSA) is 27.0 Å². The number of hydrogen-bond acceptors (Lipinski definition) is 2. The highest BCUT2D eigenvalue weighted by Gasteiger charge is 2.43. The molecular weight excluding hydrogens is 196 g/mol. The Morgan fingerprint density at radius 3 is 2.38 bits per heavy atom. The van der Waals surface area contributed by atoms with Gasteiger partial charge in [0.1, 0.15) is 0 Å². The summed E-state index contributed by atoms with van der Waals surface area (Å²) in [6.07, 6.45) is 4.80. The molecule has 1 saturated carbocycles. The van der Waals surface area contributed by atoms with E-state index in [0.29, 0.717) is 5.41 Å². The third kappa shape index (κ3) is 1.98. The highest BCUT2D eigenvalue weighted by atomic mass is 15.2. The summed E-state index contributed by atoms with van der Waals surface area (Å²) in [7, 11) is 0. The summed E-state index contributed by atoms with van der Waals surface area (Å²) < 4.78 is 0. The molecule has 0 spiro atoms. The predicted molar refractivity (Wildman–Crippen MR) is 65.9 cm³/mol. The molecule has 1 saturated heterocycles. The van der Waals surface area contributed by atoms with Gasteiger partial charge in [-0.15, -0.1) is 0 Å². The summed E-state index contributed by atoms with van der Waals surface area (Å²) in [5, 5.41) is 9.26. The van der Waals surface area contributed by atoms with Gasteiger partial charge in [-0.2, -0.15) is 5.26 Å². The van der Waals surface area contributed by atoms with E-state index in [2.05, 4.69) is 31.7 Å². The van der Waals surface area contributed by atoms with Crippen LogP contribution in [0.3, 0.4) is 0 Å². The van der Waals surface area contributed by atoms with E-state index in [1.54, 1.807) is 0 Å². The predicted octanol–water partition coefficient (Wildman–Crippen LogP) is 3.05. The molecule has 1 aliphatic heterocycles. The van der Waals surface area contributed by atoms with E-state index in [4.69, 9.17) is 0 Å². The summed E-state index contributed by atoms with van der Waals surface area (Å²) in [6.45, 7) is 10.5. The maximum absolute atomic E-state index is 9.26. The van der Waals surface area contributed by atoms with E-state index in [-0.39, 0.29) is 5.41 Å². The lowest BCUT2D eigenvalue weighted by atomic mass is 9.69. The van der Waals surface area contributed by atoms with Gasteiger partial charge in [-0.25, -0.2) is 0 Å². The number of nitriles is 1. The van der Waals surface area contributed by atoms with Gasteiger partial charge in [0.05, 0.1) is 11.5 Å². The zero-order valence-corrected chi connectivity index (χ0v) is 10.9. The molecule has 16 heavy (non-hydrogen) atoms. The smallest absolute Gasteiger partial charge is 0.0703 e. The minimum Gasteiger partial charge on any atom is -0.301 e. The molecule has 1 unspecified atom stereocenters. The second-order valence-corrected chi connectivity index (χ2v) is 6.52. The molecule has 0 radical (unpaired) electrons. The van der Waals surface area contributed by atoms with Crippen molar-refractivity contribution in [2.45, 2.75) is 46.5 Å². The maximum atomic E-state index is 9.26. The van der Waals surface area contributed by atoms with Crippen molar-refractivity contribution in [2.24, 2.45) is 16.7 Å². The van der Waals surface area contributed by atoms with Gasteiger partial charge < -0.3 is 4.90 Å². The largest absolute Gasteiger partial charge is 0.301 e. The Bertz CT molecular complexity index is 298. The van der Waals surface area contributed by atoms with Gasteiger partial charge in [0.2, 0.25) is 0 Å². The SMILES string of the molecule is CC(C)C1(C)CCN(CC2(C#N)CCC2)C1. The van der Waals surface area contributed by atoms with E-state index >= 15 is 0 Å². The zero-order valence-electron chi connectivity index (χ0n) is 10.9. The molecule has 2 aliphatic rings. The van der Waals surface area contributed by atoms with Crippen molar-refractivity contribution in [1.82, 2.24) is 4.90 Å². The van der Waals surface area contributed by atoms with Gasteiger partial charge in [-0.3, -0.25) is 0 Å². The number of nitrogens with zero attached hydrogens (tertiary/aromatic N) is 2. The van der Waals surface area contributed by atoms with Crippen LogP contribution in [0.2, 0.25) is 0 Å². The van der Waals surface area contributed by atoms with Gasteiger partial charge in [0.15, 0.2) is 0 Å². The van der Waals surface area contributed by atoms with Gasteiger partial charge in [-0.1, -0.05) is 27.2 Å². The van der Waals surface area contributed by atoms with Crippen LogP contribution in [0, 0.1) is 28.1 Å². The zero-order chi connectivity index (χ0) is 11.8. The van der Waals surface area contributed by atoms with Crippen LogP contribution in [0.25, 0.3) is 0 Å². The summed E-state index contributed by atoms with van der Waals surface area (Å²) >= 11 is 0. The molecule has 0 aromatic rings. The second kappa shape index (κ2) is 4.04. The fourth-order valence-electron chi connectivity index (χ4n) is 3.03. The van der Waals surface area contributed by atoms with Crippen molar-refractivity contribution >= 4 is 0 Å².